The van der Waals surface area contributed by atoms with Crippen molar-refractivity contribution in [1.82, 2.24) is 4.72 Å². The highest BCUT2D eigenvalue weighted by atomic mass is 32.2. The molecule has 1 atom stereocenters. The number of nitrogens with zero attached hydrogens (tertiary/aromatic N) is 1. The van der Waals surface area contributed by atoms with Gasteiger partial charge in [0.1, 0.15) is 0 Å². The van der Waals surface area contributed by atoms with Gasteiger partial charge in [0.2, 0.25) is 10.0 Å². The zero-order valence-corrected chi connectivity index (χ0v) is 11.9. The SMILES string of the molecule is Cc1ccc([N+](=O)[O-])cc1S(=O)(=O)NCC1CCCO1. The van der Waals surface area contributed by atoms with E-state index in [1.54, 1.807) is 6.92 Å². The molecule has 0 spiro atoms. The van der Waals surface area contributed by atoms with Crippen LogP contribution in [0, 0.1) is 17.0 Å². The summed E-state index contributed by atoms with van der Waals surface area (Å²) in [5.41, 5.74) is 0.225. The Morgan fingerprint density at radius 2 is 2.25 bits per heavy atom. The van der Waals surface area contributed by atoms with Gasteiger partial charge in [-0.15, -0.1) is 0 Å². The van der Waals surface area contributed by atoms with Gasteiger partial charge < -0.3 is 4.74 Å². The fourth-order valence-electron chi connectivity index (χ4n) is 2.08. The van der Waals surface area contributed by atoms with Crippen LogP contribution < -0.4 is 4.72 Å². The van der Waals surface area contributed by atoms with Gasteiger partial charge in [-0.1, -0.05) is 6.07 Å². The summed E-state index contributed by atoms with van der Waals surface area (Å²) in [4.78, 5) is 10.1. The average Bonchev–Trinajstić information content (AvgIpc) is 2.89. The molecule has 0 amide bonds. The summed E-state index contributed by atoms with van der Waals surface area (Å²) in [6, 6.07) is 3.79. The molecule has 1 unspecified atom stereocenters. The van der Waals surface area contributed by atoms with Crippen LogP contribution in [0.4, 0.5) is 5.69 Å². The molecule has 110 valence electrons. The highest BCUT2D eigenvalue weighted by Crippen LogP contribution is 2.22. The van der Waals surface area contributed by atoms with Crippen molar-refractivity contribution in [3.63, 3.8) is 0 Å². The van der Waals surface area contributed by atoms with Crippen molar-refractivity contribution in [3.8, 4) is 0 Å². The molecule has 1 N–H and O–H groups in total. The molecular formula is C12H16N2O5S. The molecule has 20 heavy (non-hydrogen) atoms. The lowest BCUT2D eigenvalue weighted by Gasteiger charge is -2.12. The molecule has 0 radical (unpaired) electrons. The maximum atomic E-state index is 12.2. The van der Waals surface area contributed by atoms with Crippen LogP contribution in [0.15, 0.2) is 23.1 Å². The third kappa shape index (κ3) is 3.33. The first kappa shape index (κ1) is 14.9. The lowest BCUT2D eigenvalue weighted by molar-refractivity contribution is -0.385. The predicted octanol–water partition coefficient (Wildman–Crippen LogP) is 1.36. The number of rotatable bonds is 5. The predicted molar refractivity (Wildman–Crippen MR) is 72.0 cm³/mol. The highest BCUT2D eigenvalue weighted by Gasteiger charge is 2.23. The molecule has 1 aliphatic rings. The molecular weight excluding hydrogens is 284 g/mol. The second-order valence-corrected chi connectivity index (χ2v) is 6.43. The molecule has 1 saturated heterocycles. The van der Waals surface area contributed by atoms with Gasteiger partial charge in [0, 0.05) is 25.3 Å². The van der Waals surface area contributed by atoms with Crippen molar-refractivity contribution in [2.24, 2.45) is 0 Å². The minimum atomic E-state index is -3.77. The number of non-ortho nitro benzene ring substituents is 1. The van der Waals surface area contributed by atoms with Gasteiger partial charge in [0.05, 0.1) is 15.9 Å². The third-order valence-electron chi connectivity index (χ3n) is 3.20. The number of benzene rings is 1. The second kappa shape index (κ2) is 5.86. The topological polar surface area (TPSA) is 98.5 Å². The molecule has 0 saturated carbocycles. The Hall–Kier alpha value is -1.51. The van der Waals surface area contributed by atoms with Crippen molar-refractivity contribution in [3.05, 3.63) is 33.9 Å². The molecule has 1 aromatic carbocycles. The molecule has 8 heteroatoms. The van der Waals surface area contributed by atoms with E-state index in [0.29, 0.717) is 12.2 Å². The summed E-state index contributed by atoms with van der Waals surface area (Å²) in [5.74, 6) is 0. The van der Waals surface area contributed by atoms with Gasteiger partial charge in [-0.05, 0) is 25.3 Å². The molecule has 2 rings (SSSR count). The van der Waals surface area contributed by atoms with Gasteiger partial charge in [0.25, 0.3) is 5.69 Å². The number of nitro benzene ring substituents is 1. The zero-order valence-electron chi connectivity index (χ0n) is 11.0. The number of sulfonamides is 1. The molecule has 0 aliphatic carbocycles. The Balaban J connectivity index is 2.19. The number of nitrogens with one attached hydrogen (secondary N) is 1. The number of hydrogen-bond acceptors (Lipinski definition) is 5. The van der Waals surface area contributed by atoms with Crippen LogP contribution >= 0.6 is 0 Å². The van der Waals surface area contributed by atoms with Gasteiger partial charge in [0.15, 0.2) is 0 Å². The first-order valence-electron chi connectivity index (χ1n) is 6.26. The van der Waals surface area contributed by atoms with E-state index < -0.39 is 14.9 Å². The van der Waals surface area contributed by atoms with Crippen LogP contribution in [0.2, 0.25) is 0 Å². The van der Waals surface area contributed by atoms with E-state index in [-0.39, 0.29) is 23.2 Å². The minimum absolute atomic E-state index is 0.0651. The Morgan fingerprint density at radius 1 is 1.50 bits per heavy atom. The first-order valence-corrected chi connectivity index (χ1v) is 7.75. The van der Waals surface area contributed by atoms with Gasteiger partial charge >= 0.3 is 0 Å². The maximum absolute atomic E-state index is 12.2. The number of hydrogen-bond donors (Lipinski definition) is 1. The fraction of sp³-hybridized carbons (Fsp3) is 0.500. The van der Waals surface area contributed by atoms with Gasteiger partial charge in [-0.25, -0.2) is 13.1 Å². The Bertz CT molecular complexity index is 608. The molecule has 0 bridgehead atoms. The van der Waals surface area contributed by atoms with E-state index in [1.165, 1.54) is 12.1 Å². The van der Waals surface area contributed by atoms with E-state index in [4.69, 9.17) is 4.74 Å². The average molecular weight is 300 g/mol. The molecule has 1 fully saturated rings. The van der Waals surface area contributed by atoms with E-state index in [0.717, 1.165) is 18.9 Å². The first-order chi connectivity index (χ1) is 9.40. The van der Waals surface area contributed by atoms with E-state index in [1.807, 2.05) is 0 Å². The number of ether oxygens (including phenoxy) is 1. The van der Waals surface area contributed by atoms with Crippen molar-refractivity contribution in [2.75, 3.05) is 13.2 Å². The monoisotopic (exact) mass is 300 g/mol. The summed E-state index contributed by atoms with van der Waals surface area (Å²) in [6.45, 7) is 2.43. The highest BCUT2D eigenvalue weighted by molar-refractivity contribution is 7.89. The van der Waals surface area contributed by atoms with E-state index in [9.17, 15) is 18.5 Å². The van der Waals surface area contributed by atoms with Crippen molar-refractivity contribution in [1.29, 1.82) is 0 Å². The van der Waals surface area contributed by atoms with E-state index >= 15 is 0 Å². The molecule has 7 nitrogen and oxygen atoms in total. The molecule has 1 heterocycles. The minimum Gasteiger partial charge on any atom is -0.377 e. The van der Waals surface area contributed by atoms with Gasteiger partial charge in [-0.2, -0.15) is 0 Å². The van der Waals surface area contributed by atoms with Crippen LogP contribution in [-0.4, -0.2) is 32.6 Å². The Morgan fingerprint density at radius 3 is 2.85 bits per heavy atom. The quantitative estimate of drug-likeness (QED) is 0.654. The summed E-state index contributed by atoms with van der Waals surface area (Å²) >= 11 is 0. The van der Waals surface area contributed by atoms with Crippen LogP contribution in [0.1, 0.15) is 18.4 Å². The van der Waals surface area contributed by atoms with Crippen LogP contribution in [-0.2, 0) is 14.8 Å². The number of aryl methyl sites for hydroxylation is 1. The smallest absolute Gasteiger partial charge is 0.270 e. The fourth-order valence-corrected chi connectivity index (χ4v) is 3.41. The Labute approximate surface area is 117 Å². The molecule has 1 aliphatic heterocycles. The summed E-state index contributed by atoms with van der Waals surface area (Å²) in [7, 11) is -3.77. The van der Waals surface area contributed by atoms with Crippen LogP contribution in [0.25, 0.3) is 0 Å². The lowest BCUT2D eigenvalue weighted by Crippen LogP contribution is -2.32. The van der Waals surface area contributed by atoms with Gasteiger partial charge in [-0.3, -0.25) is 10.1 Å². The van der Waals surface area contributed by atoms with Crippen LogP contribution in [0.5, 0.6) is 0 Å². The summed E-state index contributed by atoms with van der Waals surface area (Å²) < 4.78 is 32.2. The summed E-state index contributed by atoms with van der Waals surface area (Å²) in [6.07, 6.45) is 1.61. The van der Waals surface area contributed by atoms with Crippen molar-refractivity contribution < 1.29 is 18.1 Å². The normalized spacial score (nSPS) is 19.1. The third-order valence-corrected chi connectivity index (χ3v) is 4.76. The second-order valence-electron chi connectivity index (χ2n) is 4.69. The molecule has 1 aromatic rings. The van der Waals surface area contributed by atoms with Crippen molar-refractivity contribution in [2.45, 2.75) is 30.8 Å². The summed E-state index contributed by atoms with van der Waals surface area (Å²) in [5, 5.41) is 10.7. The molecule has 0 aromatic heterocycles. The standard InChI is InChI=1S/C12H16N2O5S/c1-9-4-5-10(14(15)16)7-12(9)20(17,18)13-8-11-3-2-6-19-11/h4-5,7,11,13H,2-3,6,8H2,1H3. The Kier molecular flexibility index (Phi) is 4.36. The zero-order chi connectivity index (χ0) is 14.8. The number of nitro groups is 1. The van der Waals surface area contributed by atoms with Crippen LogP contribution in [0.3, 0.4) is 0 Å². The lowest BCUT2D eigenvalue weighted by atomic mass is 10.2. The maximum Gasteiger partial charge on any atom is 0.270 e. The largest absolute Gasteiger partial charge is 0.377 e. The van der Waals surface area contributed by atoms with E-state index in [2.05, 4.69) is 4.72 Å². The van der Waals surface area contributed by atoms with Crippen molar-refractivity contribution >= 4 is 15.7 Å².